The van der Waals surface area contributed by atoms with Crippen molar-refractivity contribution >= 4 is 21.6 Å². The lowest BCUT2D eigenvalue weighted by atomic mass is 9.79. The van der Waals surface area contributed by atoms with Crippen LogP contribution in [0.1, 0.15) is 50.5 Å². The molecule has 1 aromatic rings. The first kappa shape index (κ1) is 16.1. The number of sulfonamides is 1. The summed E-state index contributed by atoms with van der Waals surface area (Å²) in [5.74, 6) is 0.526. The van der Waals surface area contributed by atoms with Crippen molar-refractivity contribution in [3.63, 3.8) is 0 Å². The number of carbonyl (C=O) groups is 1. The van der Waals surface area contributed by atoms with Crippen LogP contribution in [-0.2, 0) is 21.2 Å². The quantitative estimate of drug-likeness (QED) is 0.894. The molecular weight excluding hydrogens is 324 g/mol. The van der Waals surface area contributed by atoms with Gasteiger partial charge in [-0.1, -0.05) is 12.8 Å². The summed E-state index contributed by atoms with van der Waals surface area (Å²) in [5.41, 5.74) is 1.67. The lowest BCUT2D eigenvalue weighted by molar-refractivity contribution is -0.116. The van der Waals surface area contributed by atoms with E-state index in [0.717, 1.165) is 43.4 Å². The van der Waals surface area contributed by atoms with E-state index in [9.17, 15) is 13.2 Å². The molecule has 0 spiro atoms. The van der Waals surface area contributed by atoms with Gasteiger partial charge >= 0.3 is 0 Å². The van der Waals surface area contributed by atoms with Gasteiger partial charge in [0.05, 0.1) is 4.90 Å². The second-order valence-electron chi connectivity index (χ2n) is 7.24. The Morgan fingerprint density at radius 2 is 1.83 bits per heavy atom. The maximum absolute atomic E-state index is 13.2. The van der Waals surface area contributed by atoms with Gasteiger partial charge in [0.25, 0.3) is 0 Å². The number of amides is 1. The first-order chi connectivity index (χ1) is 11.6. The van der Waals surface area contributed by atoms with Crippen LogP contribution in [0.3, 0.4) is 0 Å². The smallest absolute Gasteiger partial charge is 0.243 e. The zero-order valence-corrected chi connectivity index (χ0v) is 14.6. The maximum atomic E-state index is 13.2. The number of aryl methyl sites for hydroxylation is 1. The Labute approximate surface area is 143 Å². The van der Waals surface area contributed by atoms with Crippen LogP contribution in [-0.4, -0.2) is 31.2 Å². The van der Waals surface area contributed by atoms with Crippen LogP contribution in [0.5, 0.6) is 0 Å². The lowest BCUT2D eigenvalue weighted by Crippen LogP contribution is -2.49. The van der Waals surface area contributed by atoms with E-state index in [2.05, 4.69) is 5.32 Å². The Kier molecular flexibility index (Phi) is 4.12. The average molecular weight is 348 g/mol. The highest BCUT2D eigenvalue weighted by molar-refractivity contribution is 7.89. The predicted molar refractivity (Wildman–Crippen MR) is 92.3 cm³/mol. The van der Waals surface area contributed by atoms with E-state index < -0.39 is 10.0 Å². The third kappa shape index (κ3) is 2.75. The fraction of sp³-hybridized carbons (Fsp3) is 0.611. The molecule has 4 rings (SSSR count). The van der Waals surface area contributed by atoms with Gasteiger partial charge in [-0.3, -0.25) is 4.79 Å². The molecule has 2 aliphatic heterocycles. The minimum absolute atomic E-state index is 0.000755. The molecule has 0 aromatic heterocycles. The summed E-state index contributed by atoms with van der Waals surface area (Å²) in [6.45, 7) is 0.636. The highest BCUT2D eigenvalue weighted by Gasteiger charge is 2.40. The monoisotopic (exact) mass is 348 g/mol. The van der Waals surface area contributed by atoms with Crippen LogP contribution in [0, 0.1) is 5.92 Å². The minimum Gasteiger partial charge on any atom is -0.326 e. The second kappa shape index (κ2) is 6.15. The summed E-state index contributed by atoms with van der Waals surface area (Å²) < 4.78 is 28.2. The number of nitrogens with zero attached hydrogens (tertiary/aromatic N) is 1. The van der Waals surface area contributed by atoms with E-state index in [-0.39, 0.29) is 11.9 Å². The molecule has 3 aliphatic rings. The van der Waals surface area contributed by atoms with Crippen LogP contribution in [0.15, 0.2) is 23.1 Å². The molecule has 2 heterocycles. The molecule has 0 unspecified atom stereocenters. The number of hydrogen-bond acceptors (Lipinski definition) is 3. The normalized spacial score (nSPS) is 27.9. The van der Waals surface area contributed by atoms with Crippen LogP contribution < -0.4 is 5.32 Å². The van der Waals surface area contributed by atoms with E-state index in [1.54, 1.807) is 22.5 Å². The first-order valence-electron chi connectivity index (χ1n) is 9.00. The van der Waals surface area contributed by atoms with Gasteiger partial charge in [0.15, 0.2) is 0 Å². The zero-order valence-electron chi connectivity index (χ0n) is 13.8. The van der Waals surface area contributed by atoms with Crippen LogP contribution in [0.4, 0.5) is 5.69 Å². The van der Waals surface area contributed by atoms with Gasteiger partial charge in [-0.2, -0.15) is 4.31 Å². The highest BCUT2D eigenvalue weighted by Crippen LogP contribution is 2.38. The van der Waals surface area contributed by atoms with E-state index in [1.165, 1.54) is 6.42 Å². The molecule has 2 atom stereocenters. The molecule has 1 amide bonds. The standard InChI is InChI=1S/C18H24N2O3S/c21-18-10-7-14-12-15(8-9-16(14)19-18)24(22,23)20-11-3-5-13-4-1-2-6-17(13)20/h8-9,12-13,17H,1-7,10-11H2,(H,19,21)/t13-,17-/m0/s1. The summed E-state index contributed by atoms with van der Waals surface area (Å²) >= 11 is 0. The number of nitrogens with one attached hydrogen (secondary N) is 1. The predicted octanol–water partition coefficient (Wildman–Crippen LogP) is 2.91. The number of hydrogen-bond donors (Lipinski definition) is 1. The Balaban J connectivity index is 1.66. The molecule has 130 valence electrons. The number of anilines is 1. The highest BCUT2D eigenvalue weighted by atomic mass is 32.2. The molecule has 0 radical (unpaired) electrons. The molecule has 1 aliphatic carbocycles. The number of benzene rings is 1. The summed E-state index contributed by atoms with van der Waals surface area (Å²) in [4.78, 5) is 11.9. The van der Waals surface area contributed by atoms with Gasteiger partial charge in [0, 0.05) is 24.7 Å². The molecule has 1 aromatic carbocycles. The Bertz CT molecular complexity index is 758. The van der Waals surface area contributed by atoms with Crippen molar-refractivity contribution in [1.82, 2.24) is 4.31 Å². The van der Waals surface area contributed by atoms with Gasteiger partial charge in [-0.25, -0.2) is 8.42 Å². The van der Waals surface area contributed by atoms with E-state index >= 15 is 0 Å². The molecule has 24 heavy (non-hydrogen) atoms. The summed E-state index contributed by atoms with van der Waals surface area (Å²) in [6, 6.07) is 5.32. The molecule has 6 heteroatoms. The van der Waals surface area contributed by atoms with E-state index in [0.29, 0.717) is 30.2 Å². The third-order valence-electron chi connectivity index (χ3n) is 5.77. The van der Waals surface area contributed by atoms with Crippen molar-refractivity contribution in [2.75, 3.05) is 11.9 Å². The Morgan fingerprint density at radius 1 is 1.04 bits per heavy atom. The number of piperidine rings is 1. The van der Waals surface area contributed by atoms with Gasteiger partial charge in [-0.05, 0) is 61.8 Å². The molecule has 2 fully saturated rings. The molecule has 1 N–H and O–H groups in total. The van der Waals surface area contributed by atoms with Gasteiger partial charge in [0.1, 0.15) is 0 Å². The first-order valence-corrected chi connectivity index (χ1v) is 10.4. The summed E-state index contributed by atoms with van der Waals surface area (Å²) in [7, 11) is -3.46. The summed E-state index contributed by atoms with van der Waals surface area (Å²) in [5, 5.41) is 2.82. The number of carbonyl (C=O) groups excluding carboxylic acids is 1. The number of rotatable bonds is 2. The van der Waals surface area contributed by atoms with Crippen LogP contribution in [0.25, 0.3) is 0 Å². The second-order valence-corrected chi connectivity index (χ2v) is 9.13. The largest absolute Gasteiger partial charge is 0.326 e. The van der Waals surface area contributed by atoms with Gasteiger partial charge in [0.2, 0.25) is 15.9 Å². The van der Waals surface area contributed by atoms with Crippen molar-refractivity contribution in [1.29, 1.82) is 0 Å². The van der Waals surface area contributed by atoms with Gasteiger partial charge < -0.3 is 5.32 Å². The Morgan fingerprint density at radius 3 is 2.71 bits per heavy atom. The van der Waals surface area contributed by atoms with Crippen LogP contribution in [0.2, 0.25) is 0 Å². The van der Waals surface area contributed by atoms with E-state index in [4.69, 9.17) is 0 Å². The fourth-order valence-electron chi connectivity index (χ4n) is 4.53. The molecule has 1 saturated carbocycles. The lowest BCUT2D eigenvalue weighted by Gasteiger charge is -2.43. The van der Waals surface area contributed by atoms with Crippen LogP contribution >= 0.6 is 0 Å². The van der Waals surface area contributed by atoms with E-state index in [1.807, 2.05) is 0 Å². The molecular formula is C18H24N2O3S. The zero-order chi connectivity index (χ0) is 16.7. The number of fused-ring (bicyclic) bond motifs is 2. The van der Waals surface area contributed by atoms with Crippen molar-refractivity contribution in [3.8, 4) is 0 Å². The maximum Gasteiger partial charge on any atom is 0.243 e. The van der Waals surface area contributed by atoms with Crippen molar-refractivity contribution in [2.24, 2.45) is 5.92 Å². The van der Waals surface area contributed by atoms with Gasteiger partial charge in [-0.15, -0.1) is 0 Å². The summed E-state index contributed by atoms with van der Waals surface area (Å²) in [6.07, 6.45) is 7.66. The third-order valence-corrected chi connectivity index (χ3v) is 7.69. The topological polar surface area (TPSA) is 66.5 Å². The SMILES string of the molecule is O=C1CCc2cc(S(=O)(=O)N3CCC[C@@H]4CCCC[C@@H]43)ccc2N1. The fourth-order valence-corrected chi connectivity index (χ4v) is 6.34. The minimum atomic E-state index is -3.46. The molecule has 5 nitrogen and oxygen atoms in total. The van der Waals surface area contributed by atoms with Crippen molar-refractivity contribution in [2.45, 2.75) is 62.3 Å². The molecule has 0 bridgehead atoms. The Hall–Kier alpha value is -1.40. The van der Waals surface area contributed by atoms with Crippen molar-refractivity contribution < 1.29 is 13.2 Å². The molecule has 1 saturated heterocycles. The van der Waals surface area contributed by atoms with Crippen molar-refractivity contribution in [3.05, 3.63) is 23.8 Å². The average Bonchev–Trinajstić information content (AvgIpc) is 2.60.